The molecule has 0 N–H and O–H groups in total. The van der Waals surface area contributed by atoms with Crippen molar-refractivity contribution in [3.63, 3.8) is 0 Å². The lowest BCUT2D eigenvalue weighted by Crippen LogP contribution is -2.26. The maximum absolute atomic E-state index is 11.2. The number of hydrogen-bond donors (Lipinski definition) is 0. The fourth-order valence-corrected chi connectivity index (χ4v) is 2.19. The molecule has 18 heavy (non-hydrogen) atoms. The molecule has 0 unspecified atom stereocenters. The Kier molecular flexibility index (Phi) is 5.29. The van der Waals surface area contributed by atoms with Gasteiger partial charge in [0.05, 0.1) is 0 Å². The Morgan fingerprint density at radius 3 is 2.22 bits per heavy atom. The summed E-state index contributed by atoms with van der Waals surface area (Å²) in [6, 6.07) is 4.18. The molecular weight excluding hydrogens is 273 g/mol. The molecule has 0 heterocycles. The summed E-state index contributed by atoms with van der Waals surface area (Å²) in [5, 5.41) is 0. The van der Waals surface area contributed by atoms with E-state index in [2.05, 4.69) is 19.1 Å². The van der Waals surface area contributed by atoms with Crippen molar-refractivity contribution < 1.29 is 9.53 Å². The van der Waals surface area contributed by atoms with Crippen molar-refractivity contribution in [3.05, 3.63) is 28.8 Å². The van der Waals surface area contributed by atoms with E-state index in [-0.39, 0.29) is 6.73 Å². The molecule has 0 aliphatic heterocycles. The molecule has 0 aliphatic rings. The summed E-state index contributed by atoms with van der Waals surface area (Å²) in [4.78, 5) is 11.9. The van der Waals surface area contributed by atoms with Gasteiger partial charge in [0.2, 0.25) is 4.84 Å². The predicted octanol–water partition coefficient (Wildman–Crippen LogP) is 3.35. The van der Waals surface area contributed by atoms with Crippen molar-refractivity contribution in [2.75, 3.05) is 18.7 Å². The Bertz CT molecular complexity index is 424. The highest BCUT2D eigenvalue weighted by Crippen LogP contribution is 2.25. The first-order chi connectivity index (χ1) is 8.32. The van der Waals surface area contributed by atoms with Gasteiger partial charge in [-0.3, -0.25) is 0 Å². The highest BCUT2D eigenvalue weighted by atomic mass is 35.5. The number of carbonyl (C=O) groups is 1. The Morgan fingerprint density at radius 2 is 1.78 bits per heavy atom. The predicted molar refractivity (Wildman–Crippen MR) is 75.5 cm³/mol. The van der Waals surface area contributed by atoms with Crippen LogP contribution in [0.5, 0.6) is 0 Å². The molecule has 0 bridgehead atoms. The number of benzene rings is 1. The Balaban J connectivity index is 2.79. The van der Waals surface area contributed by atoms with Crippen LogP contribution in [0.2, 0.25) is 0 Å². The highest BCUT2D eigenvalue weighted by Gasteiger charge is 2.15. The van der Waals surface area contributed by atoms with E-state index in [1.54, 1.807) is 0 Å². The van der Waals surface area contributed by atoms with Crippen molar-refractivity contribution in [3.8, 4) is 0 Å². The molecule has 0 amide bonds. The van der Waals surface area contributed by atoms with Crippen molar-refractivity contribution in [2.45, 2.75) is 25.6 Å². The number of alkyl halides is 2. The minimum absolute atomic E-state index is 0.125. The van der Waals surface area contributed by atoms with Crippen LogP contribution in [0.1, 0.15) is 16.7 Å². The lowest BCUT2D eigenvalue weighted by Gasteiger charge is -2.23. The number of hydrogen-bond acceptors (Lipinski definition) is 3. The van der Waals surface area contributed by atoms with E-state index in [1.165, 1.54) is 5.56 Å². The van der Waals surface area contributed by atoms with Crippen molar-refractivity contribution in [1.29, 1.82) is 0 Å². The lowest BCUT2D eigenvalue weighted by atomic mass is 10.0. The van der Waals surface area contributed by atoms with Gasteiger partial charge in [-0.05, 0) is 31.9 Å². The van der Waals surface area contributed by atoms with Crippen LogP contribution < -0.4 is 4.90 Å². The minimum atomic E-state index is -1.14. The van der Waals surface area contributed by atoms with Crippen LogP contribution in [0.15, 0.2) is 12.1 Å². The summed E-state index contributed by atoms with van der Waals surface area (Å²) in [5.41, 5.74) is 4.54. The molecule has 0 atom stereocenters. The standard InChI is InChI=1S/C13H17Cl2NO2/c1-8-5-9(2)11(10(3)6-8)16(4)7-18-13(17)12(14)15/h5-6,12H,7H2,1-4H3. The molecule has 1 rings (SSSR count). The van der Waals surface area contributed by atoms with Gasteiger partial charge in [0, 0.05) is 12.7 Å². The molecule has 1 aromatic carbocycles. The molecule has 3 nitrogen and oxygen atoms in total. The summed E-state index contributed by atoms with van der Waals surface area (Å²) >= 11 is 10.8. The van der Waals surface area contributed by atoms with Crippen LogP contribution in [0.3, 0.4) is 0 Å². The Hall–Kier alpha value is -0.930. The van der Waals surface area contributed by atoms with Gasteiger partial charge in [-0.2, -0.15) is 0 Å². The number of ether oxygens (including phenoxy) is 1. The first-order valence-electron chi connectivity index (χ1n) is 5.56. The van der Waals surface area contributed by atoms with Crippen LogP contribution in [0.4, 0.5) is 5.69 Å². The number of anilines is 1. The van der Waals surface area contributed by atoms with E-state index in [4.69, 9.17) is 27.9 Å². The first-order valence-corrected chi connectivity index (χ1v) is 6.44. The fourth-order valence-electron chi connectivity index (χ4n) is 2.06. The third-order valence-electron chi connectivity index (χ3n) is 2.60. The summed E-state index contributed by atoms with van der Waals surface area (Å²) in [6.07, 6.45) is 0. The van der Waals surface area contributed by atoms with Crippen LogP contribution in [-0.2, 0) is 9.53 Å². The number of esters is 1. The zero-order valence-corrected chi connectivity index (χ0v) is 12.5. The highest BCUT2D eigenvalue weighted by molar-refractivity contribution is 6.52. The van der Waals surface area contributed by atoms with Gasteiger partial charge in [0.15, 0.2) is 6.73 Å². The molecule has 0 radical (unpaired) electrons. The van der Waals surface area contributed by atoms with Gasteiger partial charge >= 0.3 is 5.97 Å². The molecule has 100 valence electrons. The molecule has 0 saturated heterocycles. The van der Waals surface area contributed by atoms with E-state index < -0.39 is 10.8 Å². The summed E-state index contributed by atoms with van der Waals surface area (Å²) < 4.78 is 4.98. The van der Waals surface area contributed by atoms with Crippen LogP contribution in [-0.4, -0.2) is 24.6 Å². The van der Waals surface area contributed by atoms with E-state index in [9.17, 15) is 4.79 Å². The van der Waals surface area contributed by atoms with E-state index in [1.807, 2.05) is 25.8 Å². The number of rotatable bonds is 4. The second kappa shape index (κ2) is 6.30. The second-order valence-corrected chi connectivity index (χ2v) is 5.43. The maximum atomic E-state index is 11.2. The van der Waals surface area contributed by atoms with Gasteiger partial charge in [-0.15, -0.1) is 0 Å². The summed E-state index contributed by atoms with van der Waals surface area (Å²) in [6.45, 7) is 6.23. The van der Waals surface area contributed by atoms with Gasteiger partial charge in [-0.1, -0.05) is 40.9 Å². The molecule has 1 aromatic rings. The second-order valence-electron chi connectivity index (χ2n) is 4.34. The van der Waals surface area contributed by atoms with Gasteiger partial charge in [0.1, 0.15) is 0 Å². The Morgan fingerprint density at radius 1 is 1.28 bits per heavy atom. The van der Waals surface area contributed by atoms with Gasteiger partial charge in [0.25, 0.3) is 0 Å². The molecule has 0 fully saturated rings. The third kappa shape index (κ3) is 3.79. The SMILES string of the molecule is Cc1cc(C)c(N(C)COC(=O)C(Cl)Cl)c(C)c1. The number of nitrogens with zero attached hydrogens (tertiary/aromatic N) is 1. The van der Waals surface area contributed by atoms with Crippen LogP contribution >= 0.6 is 23.2 Å². The van der Waals surface area contributed by atoms with Crippen molar-refractivity contribution in [2.24, 2.45) is 0 Å². The normalized spacial score (nSPS) is 10.6. The average molecular weight is 290 g/mol. The topological polar surface area (TPSA) is 29.5 Å². The lowest BCUT2D eigenvalue weighted by molar-refractivity contribution is -0.141. The molecule has 0 saturated carbocycles. The van der Waals surface area contributed by atoms with E-state index in [0.29, 0.717) is 0 Å². The quantitative estimate of drug-likeness (QED) is 0.484. The number of carbonyl (C=O) groups excluding carboxylic acids is 1. The molecule has 0 spiro atoms. The van der Waals surface area contributed by atoms with Gasteiger partial charge < -0.3 is 9.64 Å². The smallest absolute Gasteiger partial charge is 0.341 e. The third-order valence-corrected chi connectivity index (χ3v) is 2.95. The van der Waals surface area contributed by atoms with Crippen LogP contribution in [0, 0.1) is 20.8 Å². The number of halogens is 2. The molecule has 0 aromatic heterocycles. The molecular formula is C13H17Cl2NO2. The molecule has 0 aliphatic carbocycles. The van der Waals surface area contributed by atoms with Gasteiger partial charge in [-0.25, -0.2) is 4.79 Å². The summed E-state index contributed by atoms with van der Waals surface area (Å²) in [5.74, 6) is -0.632. The zero-order chi connectivity index (χ0) is 13.9. The monoisotopic (exact) mass is 289 g/mol. The number of aryl methyl sites for hydroxylation is 3. The molecule has 5 heteroatoms. The first kappa shape index (κ1) is 15.1. The van der Waals surface area contributed by atoms with Crippen molar-refractivity contribution in [1.82, 2.24) is 0 Å². The minimum Gasteiger partial charge on any atom is -0.442 e. The summed E-state index contributed by atoms with van der Waals surface area (Å²) in [7, 11) is 1.86. The zero-order valence-electron chi connectivity index (χ0n) is 11.0. The Labute approximate surface area is 118 Å². The largest absolute Gasteiger partial charge is 0.442 e. The van der Waals surface area contributed by atoms with Crippen molar-refractivity contribution >= 4 is 34.9 Å². The van der Waals surface area contributed by atoms with E-state index in [0.717, 1.165) is 16.8 Å². The maximum Gasteiger partial charge on any atom is 0.341 e. The average Bonchev–Trinajstić information content (AvgIpc) is 2.24. The van der Waals surface area contributed by atoms with E-state index >= 15 is 0 Å². The van der Waals surface area contributed by atoms with Crippen LogP contribution in [0.25, 0.3) is 0 Å². The fraction of sp³-hybridized carbons (Fsp3) is 0.462.